The van der Waals surface area contributed by atoms with Gasteiger partial charge in [-0.3, -0.25) is 9.59 Å². The Kier molecular flexibility index (Phi) is 4.88. The molecule has 0 aromatic carbocycles. The lowest BCUT2D eigenvalue weighted by Gasteiger charge is -2.17. The summed E-state index contributed by atoms with van der Waals surface area (Å²) in [6.45, 7) is -0.855. The summed E-state index contributed by atoms with van der Waals surface area (Å²) in [6.07, 6.45) is -1.97. The number of hydrogen-bond donors (Lipinski definition) is 3. The van der Waals surface area contributed by atoms with Crippen LogP contribution in [0.15, 0.2) is 0 Å². The number of aliphatic hydroxyl groups is 1. The molecule has 11 nitrogen and oxygen atoms in total. The molecule has 0 bridgehead atoms. The van der Waals surface area contributed by atoms with E-state index in [0.29, 0.717) is 0 Å². The Morgan fingerprint density at radius 3 is 2.67 bits per heavy atom. The third kappa shape index (κ3) is 3.77. The fourth-order valence-electron chi connectivity index (χ4n) is 2.28. The first-order valence-electron chi connectivity index (χ1n) is 6.22. The van der Waals surface area contributed by atoms with Gasteiger partial charge in [-0.05, 0) is 0 Å². The lowest BCUT2D eigenvalue weighted by molar-refractivity contribution is -0.769. The first kappa shape index (κ1) is 15.4. The van der Waals surface area contributed by atoms with Crippen molar-refractivity contribution >= 4 is 11.8 Å². The second-order valence-electron chi connectivity index (χ2n) is 4.57. The van der Waals surface area contributed by atoms with E-state index in [1.165, 1.54) is 0 Å². The van der Waals surface area contributed by atoms with Crippen LogP contribution in [0.3, 0.4) is 0 Å². The summed E-state index contributed by atoms with van der Waals surface area (Å²) in [7, 11) is 0. The van der Waals surface area contributed by atoms with Crippen molar-refractivity contribution in [2.75, 3.05) is 26.4 Å². The Labute approximate surface area is 118 Å². The Balaban J connectivity index is 1.80. The van der Waals surface area contributed by atoms with Crippen LogP contribution in [0.25, 0.3) is 0 Å². The van der Waals surface area contributed by atoms with Crippen LogP contribution in [-0.2, 0) is 23.9 Å². The molecule has 0 aromatic heterocycles. The van der Waals surface area contributed by atoms with Crippen LogP contribution in [0.5, 0.6) is 0 Å². The number of fused-ring (bicyclic) bond motifs is 1. The van der Waals surface area contributed by atoms with Crippen molar-refractivity contribution < 1.29 is 34.1 Å². The molecular formula is C10H15N3O8. The van der Waals surface area contributed by atoms with Gasteiger partial charge in [0, 0.05) is 0 Å². The molecule has 11 heteroatoms. The highest BCUT2D eigenvalue weighted by molar-refractivity contribution is 5.85. The minimum atomic E-state index is -0.907. The lowest BCUT2D eigenvalue weighted by atomic mass is 10.1. The van der Waals surface area contributed by atoms with Gasteiger partial charge in [-0.1, -0.05) is 0 Å². The molecule has 21 heavy (non-hydrogen) atoms. The van der Waals surface area contributed by atoms with Crippen LogP contribution in [0.2, 0.25) is 0 Å². The average molecular weight is 305 g/mol. The number of hydrogen-bond acceptors (Lipinski definition) is 8. The quantitative estimate of drug-likeness (QED) is 0.346. The Morgan fingerprint density at radius 2 is 2.00 bits per heavy atom. The fraction of sp³-hybridized carbons (Fsp3) is 0.800. The van der Waals surface area contributed by atoms with Crippen molar-refractivity contribution in [1.82, 2.24) is 10.6 Å². The van der Waals surface area contributed by atoms with Crippen LogP contribution in [0, 0.1) is 10.1 Å². The summed E-state index contributed by atoms with van der Waals surface area (Å²) in [4.78, 5) is 37.2. The van der Waals surface area contributed by atoms with Crippen molar-refractivity contribution in [1.29, 1.82) is 0 Å². The number of amides is 2. The number of ether oxygens (including phenoxy) is 2. The first-order valence-corrected chi connectivity index (χ1v) is 6.22. The summed E-state index contributed by atoms with van der Waals surface area (Å²) in [5.41, 5.74) is 0. The molecule has 0 aromatic rings. The molecule has 0 radical (unpaired) electrons. The van der Waals surface area contributed by atoms with E-state index in [1.807, 2.05) is 0 Å². The van der Waals surface area contributed by atoms with Crippen molar-refractivity contribution in [3.8, 4) is 0 Å². The van der Waals surface area contributed by atoms with E-state index >= 15 is 0 Å². The van der Waals surface area contributed by atoms with Gasteiger partial charge in [0.1, 0.15) is 18.8 Å². The zero-order valence-electron chi connectivity index (χ0n) is 10.9. The van der Waals surface area contributed by atoms with Gasteiger partial charge in [0.2, 0.25) is 11.8 Å². The molecule has 0 spiro atoms. The highest BCUT2D eigenvalue weighted by atomic mass is 17.0. The standard InChI is InChI=1S/C10H15N3O8/c14-2-8(16)11-1-7(15)12-5-3-19-10-6(21-13(17)18)4-20-9(5)10/h5-6,9-10,14H,1-4H2,(H,11,16)(H,12,15)/t5-,6?,9-,10-/m1/s1. The van der Waals surface area contributed by atoms with Crippen molar-refractivity contribution in [3.63, 3.8) is 0 Å². The molecule has 2 heterocycles. The van der Waals surface area contributed by atoms with Crippen molar-refractivity contribution in [2.24, 2.45) is 0 Å². The number of carbonyl (C=O) groups excluding carboxylic acids is 2. The minimum absolute atomic E-state index is 0.00390. The second kappa shape index (κ2) is 6.65. The third-order valence-electron chi connectivity index (χ3n) is 3.17. The van der Waals surface area contributed by atoms with Crippen molar-refractivity contribution in [3.05, 3.63) is 10.1 Å². The van der Waals surface area contributed by atoms with Crippen LogP contribution in [0.1, 0.15) is 0 Å². The van der Waals surface area contributed by atoms with Gasteiger partial charge < -0.3 is 30.1 Å². The van der Waals surface area contributed by atoms with E-state index < -0.39 is 47.9 Å². The lowest BCUT2D eigenvalue weighted by Crippen LogP contribution is -2.48. The van der Waals surface area contributed by atoms with Gasteiger partial charge in [-0.2, -0.15) is 0 Å². The maximum absolute atomic E-state index is 11.6. The molecule has 4 atom stereocenters. The maximum Gasteiger partial charge on any atom is 0.294 e. The topological polar surface area (TPSA) is 149 Å². The van der Waals surface area contributed by atoms with Crippen molar-refractivity contribution in [2.45, 2.75) is 24.4 Å². The normalized spacial score (nSPS) is 30.5. The summed E-state index contributed by atoms with van der Waals surface area (Å²) >= 11 is 0. The SMILES string of the molecule is O=C(CO)NCC(=O)N[C@@H]1CO[C@@H]2C(O[N+](=O)[O-])CO[C@@H]21. The molecule has 0 saturated carbocycles. The Bertz CT molecular complexity index is 431. The minimum Gasteiger partial charge on any atom is -0.387 e. The number of aliphatic hydroxyl groups excluding tert-OH is 1. The Hall–Kier alpha value is -1.98. The van der Waals surface area contributed by atoms with E-state index in [4.69, 9.17) is 14.6 Å². The molecule has 1 unspecified atom stereocenters. The number of nitrogens with one attached hydrogen (secondary N) is 2. The van der Waals surface area contributed by atoms with Gasteiger partial charge in [0.15, 0.2) is 6.10 Å². The van der Waals surface area contributed by atoms with E-state index in [9.17, 15) is 19.7 Å². The van der Waals surface area contributed by atoms with Crippen LogP contribution < -0.4 is 10.6 Å². The molecule has 118 valence electrons. The molecule has 0 aliphatic carbocycles. The molecule has 3 N–H and O–H groups in total. The Morgan fingerprint density at radius 1 is 1.29 bits per heavy atom. The molecule has 2 aliphatic rings. The zero-order chi connectivity index (χ0) is 15.4. The molecule has 2 fully saturated rings. The van der Waals surface area contributed by atoms with E-state index in [2.05, 4.69) is 15.5 Å². The van der Waals surface area contributed by atoms with Crippen LogP contribution >= 0.6 is 0 Å². The fourth-order valence-corrected chi connectivity index (χ4v) is 2.28. The summed E-state index contributed by atoms with van der Waals surface area (Å²) in [5, 5.41) is 22.7. The summed E-state index contributed by atoms with van der Waals surface area (Å²) in [5.74, 6) is -1.14. The van der Waals surface area contributed by atoms with E-state index in [-0.39, 0.29) is 19.8 Å². The molecule has 2 saturated heterocycles. The summed E-state index contributed by atoms with van der Waals surface area (Å²) < 4.78 is 10.7. The van der Waals surface area contributed by atoms with Gasteiger partial charge in [0.05, 0.1) is 25.8 Å². The highest BCUT2D eigenvalue weighted by Crippen LogP contribution is 2.28. The number of rotatable bonds is 6. The zero-order valence-corrected chi connectivity index (χ0v) is 10.9. The predicted molar refractivity (Wildman–Crippen MR) is 63.4 cm³/mol. The predicted octanol–water partition coefficient (Wildman–Crippen LogP) is -3.05. The number of nitrogens with zero attached hydrogens (tertiary/aromatic N) is 1. The van der Waals surface area contributed by atoms with Gasteiger partial charge in [-0.15, -0.1) is 10.1 Å². The average Bonchev–Trinajstić information content (AvgIpc) is 3.00. The largest absolute Gasteiger partial charge is 0.387 e. The number of carbonyl (C=O) groups is 2. The monoisotopic (exact) mass is 305 g/mol. The maximum atomic E-state index is 11.6. The highest BCUT2D eigenvalue weighted by Gasteiger charge is 2.49. The van der Waals surface area contributed by atoms with Crippen LogP contribution in [-0.4, -0.2) is 72.7 Å². The smallest absolute Gasteiger partial charge is 0.294 e. The molecule has 2 aliphatic heterocycles. The van der Waals surface area contributed by atoms with E-state index in [1.54, 1.807) is 0 Å². The molecule has 2 amide bonds. The van der Waals surface area contributed by atoms with E-state index in [0.717, 1.165) is 0 Å². The molecular weight excluding hydrogens is 290 g/mol. The first-order chi connectivity index (χ1) is 10.0. The second-order valence-corrected chi connectivity index (χ2v) is 4.57. The van der Waals surface area contributed by atoms with Crippen LogP contribution in [0.4, 0.5) is 0 Å². The van der Waals surface area contributed by atoms with Gasteiger partial charge >= 0.3 is 0 Å². The van der Waals surface area contributed by atoms with Gasteiger partial charge in [0.25, 0.3) is 5.09 Å². The van der Waals surface area contributed by atoms with Gasteiger partial charge in [-0.25, -0.2) is 0 Å². The summed E-state index contributed by atoms with van der Waals surface area (Å²) in [6, 6.07) is -0.478. The third-order valence-corrected chi connectivity index (χ3v) is 3.17. The molecule has 2 rings (SSSR count).